The van der Waals surface area contributed by atoms with E-state index in [0.29, 0.717) is 18.1 Å². The van der Waals surface area contributed by atoms with Crippen molar-refractivity contribution >= 4 is 0 Å². The minimum Gasteiger partial charge on any atom is -0.396 e. The number of rotatable bonds is 5. The van der Waals surface area contributed by atoms with Crippen molar-refractivity contribution in [2.24, 2.45) is 5.41 Å². The highest BCUT2D eigenvalue weighted by atomic mass is 16.3. The van der Waals surface area contributed by atoms with E-state index < -0.39 is 0 Å². The highest BCUT2D eigenvalue weighted by Gasteiger charge is 2.42. The largest absolute Gasteiger partial charge is 0.396 e. The molecule has 2 aliphatic rings. The third-order valence-electron chi connectivity index (χ3n) is 4.25. The summed E-state index contributed by atoms with van der Waals surface area (Å²) in [6.45, 7) is 4.93. The Morgan fingerprint density at radius 2 is 2.20 bits per heavy atom. The van der Waals surface area contributed by atoms with Gasteiger partial charge in [-0.3, -0.25) is 0 Å². The van der Waals surface area contributed by atoms with E-state index in [-0.39, 0.29) is 0 Å². The molecule has 3 heteroatoms. The van der Waals surface area contributed by atoms with Crippen LogP contribution in [0.15, 0.2) is 0 Å². The lowest BCUT2D eigenvalue weighted by molar-refractivity contribution is 0.242. The van der Waals surface area contributed by atoms with Crippen LogP contribution < -0.4 is 5.32 Å². The van der Waals surface area contributed by atoms with E-state index in [1.807, 2.05) is 0 Å². The van der Waals surface area contributed by atoms with Crippen molar-refractivity contribution in [3.63, 3.8) is 0 Å². The zero-order chi connectivity index (χ0) is 10.9. The van der Waals surface area contributed by atoms with E-state index in [0.717, 1.165) is 19.0 Å². The van der Waals surface area contributed by atoms with E-state index >= 15 is 0 Å². The molecule has 0 aromatic rings. The van der Waals surface area contributed by atoms with Gasteiger partial charge in [-0.25, -0.2) is 0 Å². The Morgan fingerprint density at radius 3 is 2.67 bits per heavy atom. The van der Waals surface area contributed by atoms with E-state index in [2.05, 4.69) is 24.2 Å². The molecule has 0 bridgehead atoms. The highest BCUT2D eigenvalue weighted by molar-refractivity contribution is 4.96. The molecule has 2 rings (SSSR count). The van der Waals surface area contributed by atoms with Gasteiger partial charge >= 0.3 is 0 Å². The molecule has 15 heavy (non-hydrogen) atoms. The third-order valence-corrected chi connectivity index (χ3v) is 4.25. The summed E-state index contributed by atoms with van der Waals surface area (Å²) in [6.07, 6.45) is 4.86. The van der Waals surface area contributed by atoms with Gasteiger partial charge in [0.25, 0.3) is 0 Å². The van der Waals surface area contributed by atoms with Crippen LogP contribution in [0.25, 0.3) is 0 Å². The first kappa shape index (κ1) is 11.4. The normalized spacial score (nSPS) is 34.6. The molecular weight excluding hydrogens is 188 g/mol. The molecule has 0 radical (unpaired) electrons. The summed E-state index contributed by atoms with van der Waals surface area (Å²) in [5.41, 5.74) is 0.457. The monoisotopic (exact) mass is 212 g/mol. The summed E-state index contributed by atoms with van der Waals surface area (Å²) in [4.78, 5) is 2.42. The average molecular weight is 212 g/mol. The summed E-state index contributed by atoms with van der Waals surface area (Å²) in [5.74, 6) is 0. The zero-order valence-electron chi connectivity index (χ0n) is 10.00. The fraction of sp³-hybridized carbons (Fsp3) is 1.00. The summed E-state index contributed by atoms with van der Waals surface area (Å²) >= 11 is 0. The maximum Gasteiger partial charge on any atom is 0.0436 e. The van der Waals surface area contributed by atoms with Gasteiger partial charge in [-0.05, 0) is 45.1 Å². The summed E-state index contributed by atoms with van der Waals surface area (Å²) in [5, 5.41) is 12.7. The van der Waals surface area contributed by atoms with Gasteiger partial charge in [-0.15, -0.1) is 0 Å². The topological polar surface area (TPSA) is 35.5 Å². The van der Waals surface area contributed by atoms with Gasteiger partial charge in [0, 0.05) is 31.8 Å². The summed E-state index contributed by atoms with van der Waals surface area (Å²) in [7, 11) is 2.20. The van der Waals surface area contributed by atoms with Crippen LogP contribution in [-0.4, -0.2) is 48.8 Å². The van der Waals surface area contributed by atoms with Gasteiger partial charge in [0.1, 0.15) is 0 Å². The van der Waals surface area contributed by atoms with Crippen LogP contribution in [0, 0.1) is 5.41 Å². The molecule has 3 nitrogen and oxygen atoms in total. The lowest BCUT2D eigenvalue weighted by Gasteiger charge is -2.18. The lowest BCUT2D eigenvalue weighted by atomic mass is 10.0. The second-order valence-electron chi connectivity index (χ2n) is 5.58. The Morgan fingerprint density at radius 1 is 1.47 bits per heavy atom. The van der Waals surface area contributed by atoms with Crippen LogP contribution in [0.4, 0.5) is 0 Å². The van der Waals surface area contributed by atoms with Crippen LogP contribution in [0.3, 0.4) is 0 Å². The number of aliphatic hydroxyl groups is 1. The molecule has 1 heterocycles. The minimum absolute atomic E-state index is 0.350. The van der Waals surface area contributed by atoms with Crippen LogP contribution in [0.2, 0.25) is 0 Å². The highest BCUT2D eigenvalue weighted by Crippen LogP contribution is 2.48. The second-order valence-corrected chi connectivity index (χ2v) is 5.58. The predicted molar refractivity (Wildman–Crippen MR) is 61.9 cm³/mol. The molecule has 0 aromatic carbocycles. The van der Waals surface area contributed by atoms with Crippen molar-refractivity contribution in [2.75, 3.05) is 26.7 Å². The van der Waals surface area contributed by atoms with Crippen molar-refractivity contribution in [3.05, 3.63) is 0 Å². The van der Waals surface area contributed by atoms with Crippen LogP contribution in [0.5, 0.6) is 0 Å². The predicted octanol–water partition coefficient (Wildman–Crippen LogP) is 0.831. The van der Waals surface area contributed by atoms with Crippen molar-refractivity contribution in [2.45, 2.75) is 44.7 Å². The Kier molecular flexibility index (Phi) is 3.33. The minimum atomic E-state index is 0.350. The molecular formula is C12H24N2O. The van der Waals surface area contributed by atoms with Gasteiger partial charge in [0.15, 0.2) is 0 Å². The molecule has 1 aliphatic heterocycles. The van der Waals surface area contributed by atoms with Gasteiger partial charge < -0.3 is 15.3 Å². The van der Waals surface area contributed by atoms with Gasteiger partial charge in [0.05, 0.1) is 0 Å². The van der Waals surface area contributed by atoms with E-state index in [9.17, 15) is 0 Å². The molecule has 1 saturated heterocycles. The third kappa shape index (κ3) is 2.71. The van der Waals surface area contributed by atoms with E-state index in [1.165, 1.54) is 25.8 Å². The van der Waals surface area contributed by atoms with Crippen LogP contribution >= 0.6 is 0 Å². The number of hydrogen-bond donors (Lipinski definition) is 2. The van der Waals surface area contributed by atoms with Crippen molar-refractivity contribution in [1.29, 1.82) is 0 Å². The molecule has 88 valence electrons. The summed E-state index contributed by atoms with van der Waals surface area (Å²) < 4.78 is 0. The maximum atomic E-state index is 8.98. The van der Waals surface area contributed by atoms with Gasteiger partial charge in [-0.2, -0.15) is 0 Å². The molecule has 2 fully saturated rings. The Labute approximate surface area is 92.8 Å². The molecule has 2 unspecified atom stereocenters. The Bertz CT molecular complexity index is 206. The standard InChI is InChI=1S/C12H24N2O/c1-10-7-11(8-14(10)2)13-9-12(3-4-12)5-6-15/h10-11,13,15H,3-9H2,1-2H3. The number of nitrogens with one attached hydrogen (secondary N) is 1. The molecule has 0 aromatic heterocycles. The SMILES string of the molecule is CC1CC(NCC2(CCO)CC2)CN1C. The maximum absolute atomic E-state index is 8.98. The quantitative estimate of drug-likeness (QED) is 0.708. The molecule has 1 aliphatic carbocycles. The number of hydrogen-bond acceptors (Lipinski definition) is 3. The Balaban J connectivity index is 1.70. The van der Waals surface area contributed by atoms with E-state index in [1.54, 1.807) is 0 Å². The molecule has 0 spiro atoms. The fourth-order valence-electron chi connectivity index (χ4n) is 2.63. The first-order chi connectivity index (χ1) is 7.15. The van der Waals surface area contributed by atoms with E-state index in [4.69, 9.17) is 5.11 Å². The van der Waals surface area contributed by atoms with Gasteiger partial charge in [-0.1, -0.05) is 0 Å². The lowest BCUT2D eigenvalue weighted by Crippen LogP contribution is -2.36. The van der Waals surface area contributed by atoms with Gasteiger partial charge in [0.2, 0.25) is 0 Å². The molecule has 2 N–H and O–H groups in total. The fourth-order valence-corrected chi connectivity index (χ4v) is 2.63. The van der Waals surface area contributed by atoms with Crippen LogP contribution in [-0.2, 0) is 0 Å². The zero-order valence-corrected chi connectivity index (χ0v) is 10.00. The smallest absolute Gasteiger partial charge is 0.0436 e. The first-order valence-corrected chi connectivity index (χ1v) is 6.20. The number of likely N-dealkylation sites (tertiary alicyclic amines) is 1. The summed E-state index contributed by atoms with van der Waals surface area (Å²) in [6, 6.07) is 1.39. The van der Waals surface area contributed by atoms with Crippen molar-refractivity contribution in [1.82, 2.24) is 10.2 Å². The Hall–Kier alpha value is -0.120. The number of aliphatic hydroxyl groups excluding tert-OH is 1. The molecule has 2 atom stereocenters. The molecule has 1 saturated carbocycles. The van der Waals surface area contributed by atoms with Crippen LogP contribution in [0.1, 0.15) is 32.6 Å². The number of nitrogens with zero attached hydrogens (tertiary/aromatic N) is 1. The average Bonchev–Trinajstić information content (AvgIpc) is 2.88. The molecule has 0 amide bonds. The first-order valence-electron chi connectivity index (χ1n) is 6.20. The van der Waals surface area contributed by atoms with Crippen molar-refractivity contribution in [3.8, 4) is 0 Å². The number of likely N-dealkylation sites (N-methyl/N-ethyl adjacent to an activating group) is 1. The van der Waals surface area contributed by atoms with Crippen molar-refractivity contribution < 1.29 is 5.11 Å². The second kappa shape index (κ2) is 4.40.